The van der Waals surface area contributed by atoms with Crippen LogP contribution < -0.4 is 0 Å². The number of hydrogen-bond acceptors (Lipinski definition) is 3. The topological polar surface area (TPSA) is 48.5 Å². The maximum Gasteiger partial charge on any atom is 0.164 e. The van der Waals surface area contributed by atoms with Crippen molar-refractivity contribution in [3.63, 3.8) is 0 Å². The molecule has 0 radical (unpaired) electrons. The molecule has 0 aliphatic rings. The number of benzene rings is 9. The number of aromatic nitrogens is 5. The van der Waals surface area contributed by atoms with E-state index in [0.29, 0.717) is 17.5 Å². The molecule has 0 amide bonds. The van der Waals surface area contributed by atoms with Crippen LogP contribution in [0.2, 0.25) is 0 Å². The smallest absolute Gasteiger partial charge is 0.164 e. The van der Waals surface area contributed by atoms with Crippen LogP contribution in [-0.2, 0) is 0 Å². The molecule has 5 nitrogen and oxygen atoms in total. The fraction of sp³-hybridized carbons (Fsp3) is 0. The molecule has 0 bridgehead atoms. The first kappa shape index (κ1) is 32.4. The summed E-state index contributed by atoms with van der Waals surface area (Å²) in [6.45, 7) is 0. The molecule has 3 aromatic heterocycles. The molecule has 58 heavy (non-hydrogen) atoms. The van der Waals surface area contributed by atoms with Crippen molar-refractivity contribution in [2.24, 2.45) is 0 Å². The summed E-state index contributed by atoms with van der Waals surface area (Å²) in [5, 5.41) is 9.53. The number of rotatable bonds is 5. The van der Waals surface area contributed by atoms with E-state index < -0.39 is 0 Å². The summed E-state index contributed by atoms with van der Waals surface area (Å²) in [6, 6.07) is 71.0. The fourth-order valence-corrected chi connectivity index (χ4v) is 8.74. The number of hydrogen-bond donors (Lipinski definition) is 0. The molecule has 270 valence electrons. The van der Waals surface area contributed by atoms with Gasteiger partial charge in [0, 0.05) is 49.6 Å². The molecule has 0 spiro atoms. The minimum atomic E-state index is 0.630. The average molecular weight is 740 g/mol. The Kier molecular flexibility index (Phi) is 7.16. The quantitative estimate of drug-likeness (QED) is 0.177. The molecular weight excluding hydrogens is 707 g/mol. The van der Waals surface area contributed by atoms with Crippen LogP contribution in [0.4, 0.5) is 0 Å². The van der Waals surface area contributed by atoms with Crippen molar-refractivity contribution < 1.29 is 0 Å². The maximum absolute atomic E-state index is 5.12. The Bertz CT molecular complexity index is 3460. The Morgan fingerprint density at radius 2 is 0.655 bits per heavy atom. The fourth-order valence-electron chi connectivity index (χ4n) is 8.74. The molecule has 9 aromatic carbocycles. The van der Waals surface area contributed by atoms with Crippen LogP contribution in [0, 0.1) is 0 Å². The van der Waals surface area contributed by atoms with Gasteiger partial charge < -0.3 is 9.13 Å². The highest BCUT2D eigenvalue weighted by atomic mass is 15.0. The molecule has 0 unspecified atom stereocenters. The second-order valence-electron chi connectivity index (χ2n) is 14.9. The van der Waals surface area contributed by atoms with Gasteiger partial charge in [-0.05, 0) is 94.3 Å². The molecule has 0 aliphatic carbocycles. The minimum Gasteiger partial charge on any atom is -0.309 e. The summed E-state index contributed by atoms with van der Waals surface area (Å²) in [7, 11) is 0. The van der Waals surface area contributed by atoms with Gasteiger partial charge >= 0.3 is 0 Å². The average Bonchev–Trinajstić information content (AvgIpc) is 3.80. The van der Waals surface area contributed by atoms with Crippen LogP contribution in [0.3, 0.4) is 0 Å². The summed E-state index contributed by atoms with van der Waals surface area (Å²) >= 11 is 0. The highest BCUT2D eigenvalue weighted by molar-refractivity contribution is 6.19. The van der Waals surface area contributed by atoms with Crippen LogP contribution in [0.5, 0.6) is 0 Å². The second kappa shape index (κ2) is 12.8. The number of nitrogens with zero attached hydrogens (tertiary/aromatic N) is 5. The van der Waals surface area contributed by atoms with E-state index in [0.717, 1.165) is 49.9 Å². The summed E-state index contributed by atoms with van der Waals surface area (Å²) < 4.78 is 4.77. The van der Waals surface area contributed by atoms with Crippen LogP contribution in [0.1, 0.15) is 0 Å². The Morgan fingerprint density at radius 3 is 1.17 bits per heavy atom. The van der Waals surface area contributed by atoms with E-state index in [1.165, 1.54) is 43.4 Å². The van der Waals surface area contributed by atoms with Gasteiger partial charge in [0.15, 0.2) is 17.5 Å². The molecule has 12 rings (SSSR count). The summed E-state index contributed by atoms with van der Waals surface area (Å²) in [5.41, 5.74) is 9.75. The van der Waals surface area contributed by atoms with Crippen LogP contribution in [0.25, 0.3) is 111 Å². The van der Waals surface area contributed by atoms with Gasteiger partial charge in [-0.1, -0.05) is 127 Å². The molecule has 0 saturated carbocycles. The van der Waals surface area contributed by atoms with Crippen molar-refractivity contribution in [3.05, 3.63) is 200 Å². The molecular formula is C53H33N5. The zero-order valence-corrected chi connectivity index (χ0v) is 31.3. The summed E-state index contributed by atoms with van der Waals surface area (Å²) in [6.07, 6.45) is 0. The SMILES string of the molecule is c1ccc(-n2c3ccccc3c3cc4c(cc32)c2ccccc2n4-c2ccc(-c3nc(-c4ccc5ccccc5c4)nc(-c4ccc5ccccc5c4)n3)cc2)cc1. The van der Waals surface area contributed by atoms with E-state index in [1.807, 2.05) is 0 Å². The van der Waals surface area contributed by atoms with Gasteiger partial charge in [0.05, 0.1) is 22.1 Å². The van der Waals surface area contributed by atoms with E-state index in [2.05, 4.69) is 209 Å². The Balaban J connectivity index is 1.03. The van der Waals surface area contributed by atoms with E-state index >= 15 is 0 Å². The maximum atomic E-state index is 5.12. The largest absolute Gasteiger partial charge is 0.309 e. The van der Waals surface area contributed by atoms with Crippen LogP contribution >= 0.6 is 0 Å². The van der Waals surface area contributed by atoms with Gasteiger partial charge in [0.2, 0.25) is 0 Å². The zero-order chi connectivity index (χ0) is 38.2. The third-order valence-corrected chi connectivity index (χ3v) is 11.5. The van der Waals surface area contributed by atoms with Crippen molar-refractivity contribution >= 4 is 65.2 Å². The lowest BCUT2D eigenvalue weighted by Gasteiger charge is -2.11. The Hall–Kier alpha value is -7.89. The number of para-hydroxylation sites is 3. The van der Waals surface area contributed by atoms with Crippen molar-refractivity contribution in [2.75, 3.05) is 0 Å². The zero-order valence-electron chi connectivity index (χ0n) is 31.3. The first-order chi connectivity index (χ1) is 28.7. The molecule has 0 atom stereocenters. The lowest BCUT2D eigenvalue weighted by atomic mass is 10.1. The van der Waals surface area contributed by atoms with Crippen LogP contribution in [0.15, 0.2) is 200 Å². The van der Waals surface area contributed by atoms with Gasteiger partial charge in [-0.25, -0.2) is 15.0 Å². The van der Waals surface area contributed by atoms with E-state index in [9.17, 15) is 0 Å². The molecule has 12 aromatic rings. The summed E-state index contributed by atoms with van der Waals surface area (Å²) in [4.78, 5) is 15.3. The molecule has 5 heteroatoms. The third-order valence-electron chi connectivity index (χ3n) is 11.5. The van der Waals surface area contributed by atoms with Gasteiger partial charge in [0.25, 0.3) is 0 Å². The normalized spacial score (nSPS) is 11.8. The van der Waals surface area contributed by atoms with E-state index in [1.54, 1.807) is 0 Å². The first-order valence-corrected chi connectivity index (χ1v) is 19.6. The first-order valence-electron chi connectivity index (χ1n) is 19.6. The monoisotopic (exact) mass is 739 g/mol. The molecule has 0 saturated heterocycles. The molecule has 0 aliphatic heterocycles. The van der Waals surface area contributed by atoms with Crippen molar-refractivity contribution in [1.29, 1.82) is 0 Å². The predicted molar refractivity (Wildman–Crippen MR) is 240 cm³/mol. The van der Waals surface area contributed by atoms with E-state index in [-0.39, 0.29) is 0 Å². The van der Waals surface area contributed by atoms with Gasteiger partial charge in [-0.3, -0.25) is 0 Å². The van der Waals surface area contributed by atoms with Gasteiger partial charge in [0.1, 0.15) is 0 Å². The second-order valence-corrected chi connectivity index (χ2v) is 14.9. The molecule has 0 N–H and O–H groups in total. The van der Waals surface area contributed by atoms with Crippen LogP contribution in [-0.4, -0.2) is 24.1 Å². The Labute approximate surface area is 333 Å². The highest BCUT2D eigenvalue weighted by Gasteiger charge is 2.19. The summed E-state index contributed by atoms with van der Waals surface area (Å²) in [5.74, 6) is 1.92. The van der Waals surface area contributed by atoms with Gasteiger partial charge in [-0.2, -0.15) is 0 Å². The van der Waals surface area contributed by atoms with E-state index in [4.69, 9.17) is 15.0 Å². The third kappa shape index (κ3) is 5.14. The minimum absolute atomic E-state index is 0.630. The molecule has 0 fully saturated rings. The lowest BCUT2D eigenvalue weighted by molar-refractivity contribution is 1.07. The standard InChI is InChI=1S/C53H33N5/c1-2-16-41(17-3-1)57-47-20-10-8-18-43(47)45-33-50-46(32-49(45)57)44-19-9-11-21-48(44)58(50)42-28-26-36(27-29-42)51-54-52(39-24-22-34-12-4-6-14-37(34)30-39)56-53(55-51)40-25-23-35-13-5-7-15-38(35)31-40/h1-33H. The van der Waals surface area contributed by atoms with Crippen molar-refractivity contribution in [1.82, 2.24) is 24.1 Å². The van der Waals surface area contributed by atoms with Crippen molar-refractivity contribution in [3.8, 4) is 45.5 Å². The predicted octanol–water partition coefficient (Wildman–Crippen LogP) is 13.4. The van der Waals surface area contributed by atoms with Gasteiger partial charge in [-0.15, -0.1) is 0 Å². The highest BCUT2D eigenvalue weighted by Crippen LogP contribution is 2.40. The van der Waals surface area contributed by atoms with Crippen molar-refractivity contribution in [2.45, 2.75) is 0 Å². The lowest BCUT2D eigenvalue weighted by Crippen LogP contribution is -2.01. The number of fused-ring (bicyclic) bond motifs is 8. The Morgan fingerprint density at radius 1 is 0.259 bits per heavy atom. The molecule has 3 heterocycles.